The van der Waals surface area contributed by atoms with Crippen LogP contribution < -0.4 is 4.90 Å². The molecule has 0 radical (unpaired) electrons. The van der Waals surface area contributed by atoms with Gasteiger partial charge in [0.1, 0.15) is 0 Å². The number of benzene rings is 1. The maximum atomic E-state index is 14.4. The largest absolute Gasteiger partial charge is 0.304 e. The molecule has 1 aliphatic heterocycles. The van der Waals surface area contributed by atoms with Crippen LogP contribution in [0.15, 0.2) is 42.0 Å². The van der Waals surface area contributed by atoms with Gasteiger partial charge in [-0.2, -0.15) is 5.10 Å². The Morgan fingerprint density at radius 3 is 2.92 bits per heavy atom. The highest BCUT2D eigenvalue weighted by molar-refractivity contribution is 6.31. The minimum Gasteiger partial charge on any atom is -0.304 e. The van der Waals surface area contributed by atoms with Gasteiger partial charge in [-0.3, -0.25) is 9.48 Å². The number of halogens is 2. The van der Waals surface area contributed by atoms with E-state index in [1.807, 2.05) is 11.6 Å². The van der Waals surface area contributed by atoms with Crippen molar-refractivity contribution in [3.05, 3.63) is 69.8 Å². The summed E-state index contributed by atoms with van der Waals surface area (Å²) in [7, 11) is 0. The third kappa shape index (κ3) is 2.86. The molecule has 2 heterocycles. The van der Waals surface area contributed by atoms with Crippen molar-refractivity contribution in [2.45, 2.75) is 32.7 Å². The van der Waals surface area contributed by atoms with Crippen molar-refractivity contribution in [3.63, 3.8) is 0 Å². The van der Waals surface area contributed by atoms with Gasteiger partial charge >= 0.3 is 0 Å². The first kappa shape index (κ1) is 17.0. The molecular weight excluding hydrogens is 353 g/mol. The molecule has 0 saturated carbocycles. The number of hydrogen-bond donors (Lipinski definition) is 0. The first-order valence-electron chi connectivity index (χ1n) is 8.73. The summed E-state index contributed by atoms with van der Waals surface area (Å²) < 4.78 is 16.3. The highest BCUT2D eigenvalue weighted by Gasteiger charge is 2.32. The molecule has 0 fully saturated rings. The van der Waals surface area contributed by atoms with E-state index in [-0.39, 0.29) is 16.6 Å². The van der Waals surface area contributed by atoms with Gasteiger partial charge in [0.2, 0.25) is 0 Å². The number of rotatable bonds is 3. The van der Waals surface area contributed by atoms with Gasteiger partial charge in [0.05, 0.1) is 17.3 Å². The Labute approximate surface area is 156 Å². The highest BCUT2D eigenvalue weighted by atomic mass is 35.5. The highest BCUT2D eigenvalue weighted by Crippen LogP contribution is 2.31. The number of fused-ring (bicyclic) bond motifs is 1. The molecule has 1 amide bonds. The zero-order valence-corrected chi connectivity index (χ0v) is 15.3. The van der Waals surface area contributed by atoms with Crippen molar-refractivity contribution >= 4 is 23.2 Å². The van der Waals surface area contributed by atoms with Crippen LogP contribution >= 0.6 is 11.6 Å². The fraction of sp³-hybridized carbons (Fsp3) is 0.300. The van der Waals surface area contributed by atoms with E-state index in [2.05, 4.69) is 23.3 Å². The fourth-order valence-electron chi connectivity index (χ4n) is 3.57. The summed E-state index contributed by atoms with van der Waals surface area (Å²) in [5.74, 6) is -0.840. The Kier molecular flexibility index (Phi) is 4.41. The van der Waals surface area contributed by atoms with Crippen LogP contribution in [0.2, 0.25) is 5.02 Å². The summed E-state index contributed by atoms with van der Waals surface area (Å²) in [5.41, 5.74) is 3.89. The van der Waals surface area contributed by atoms with Gasteiger partial charge in [0, 0.05) is 17.8 Å². The molecule has 26 heavy (non-hydrogen) atoms. The average Bonchev–Trinajstić information content (AvgIpc) is 2.96. The molecule has 134 valence electrons. The van der Waals surface area contributed by atoms with Crippen LogP contribution in [0.4, 0.5) is 10.1 Å². The first-order chi connectivity index (χ1) is 12.6. The molecule has 0 saturated heterocycles. The van der Waals surface area contributed by atoms with Gasteiger partial charge in [-0.05, 0) is 43.9 Å². The van der Waals surface area contributed by atoms with Crippen LogP contribution in [-0.4, -0.2) is 22.2 Å². The lowest BCUT2D eigenvalue weighted by molar-refractivity contribution is 0.0974. The molecule has 2 aliphatic rings. The van der Waals surface area contributed by atoms with Gasteiger partial charge in [-0.15, -0.1) is 0 Å². The fourth-order valence-corrected chi connectivity index (χ4v) is 3.74. The third-order valence-corrected chi connectivity index (χ3v) is 5.33. The summed E-state index contributed by atoms with van der Waals surface area (Å²) in [6.07, 6.45) is 9.01. The lowest BCUT2D eigenvalue weighted by atomic mass is 10.0. The second-order valence-corrected chi connectivity index (χ2v) is 7.05. The molecule has 0 unspecified atom stereocenters. The Hall–Kier alpha value is -2.40. The van der Waals surface area contributed by atoms with Crippen molar-refractivity contribution in [1.82, 2.24) is 9.78 Å². The van der Waals surface area contributed by atoms with E-state index in [0.717, 1.165) is 24.1 Å². The zero-order chi connectivity index (χ0) is 18.3. The maximum absolute atomic E-state index is 14.4. The van der Waals surface area contributed by atoms with Crippen molar-refractivity contribution in [1.29, 1.82) is 0 Å². The van der Waals surface area contributed by atoms with E-state index >= 15 is 0 Å². The van der Waals surface area contributed by atoms with Gasteiger partial charge in [0.25, 0.3) is 5.91 Å². The number of hydrogen-bond acceptors (Lipinski definition) is 2. The van der Waals surface area contributed by atoms with Crippen molar-refractivity contribution < 1.29 is 9.18 Å². The van der Waals surface area contributed by atoms with E-state index < -0.39 is 5.82 Å². The molecule has 1 aliphatic carbocycles. The van der Waals surface area contributed by atoms with Gasteiger partial charge in [0.15, 0.2) is 11.5 Å². The summed E-state index contributed by atoms with van der Waals surface area (Å²) in [5, 5.41) is 4.57. The van der Waals surface area contributed by atoms with Crippen molar-refractivity contribution in [2.75, 3.05) is 11.4 Å². The molecular formula is C20H19ClFN3O. The number of nitrogens with zero attached hydrogens (tertiary/aromatic N) is 3. The third-order valence-electron chi connectivity index (χ3n) is 5.04. The van der Waals surface area contributed by atoms with Crippen LogP contribution in [0.5, 0.6) is 0 Å². The van der Waals surface area contributed by atoms with E-state index in [9.17, 15) is 9.18 Å². The standard InChI is InChI=1S/C20H19ClFN3O/c1-13-15-10-11-24(17-9-5-8-16(21)18(17)22)20(26)19(15)23-25(13)12-14-6-3-2-4-7-14/h2-3,5-6,8-9H,4,7,10-12H2,1H3. The molecule has 1 aromatic heterocycles. The summed E-state index contributed by atoms with van der Waals surface area (Å²) in [6, 6.07) is 4.70. The van der Waals surface area contributed by atoms with Gasteiger partial charge in [-0.1, -0.05) is 35.9 Å². The lowest BCUT2D eigenvalue weighted by Gasteiger charge is -2.26. The van der Waals surface area contributed by atoms with Gasteiger partial charge in [-0.25, -0.2) is 4.39 Å². The predicted octanol–water partition coefficient (Wildman–Crippen LogP) is 4.46. The molecule has 0 atom stereocenters. The molecule has 4 rings (SSSR count). The molecule has 6 heteroatoms. The number of aromatic nitrogens is 2. The predicted molar refractivity (Wildman–Crippen MR) is 100 cm³/mol. The number of carbonyl (C=O) groups is 1. The normalized spacial score (nSPS) is 16.7. The van der Waals surface area contributed by atoms with E-state index in [1.165, 1.54) is 16.5 Å². The molecule has 0 bridgehead atoms. The van der Waals surface area contributed by atoms with Gasteiger partial charge < -0.3 is 4.90 Å². The number of allylic oxidation sites excluding steroid dienone is 4. The quantitative estimate of drug-likeness (QED) is 0.798. The minimum absolute atomic E-state index is 0.0140. The number of carbonyl (C=O) groups excluding carboxylic acids is 1. The molecule has 2 aromatic rings. The SMILES string of the molecule is Cc1c2c(nn1CC1=CC=CCC1)C(=O)N(c1cccc(Cl)c1F)CC2. The number of amides is 1. The topological polar surface area (TPSA) is 38.1 Å². The average molecular weight is 372 g/mol. The second-order valence-electron chi connectivity index (χ2n) is 6.64. The van der Waals surface area contributed by atoms with Crippen LogP contribution in [-0.2, 0) is 13.0 Å². The van der Waals surface area contributed by atoms with Crippen LogP contribution in [0.1, 0.15) is 34.6 Å². The second kappa shape index (κ2) is 6.72. The Morgan fingerprint density at radius 2 is 2.15 bits per heavy atom. The van der Waals surface area contributed by atoms with E-state index in [0.29, 0.717) is 25.2 Å². The molecule has 4 nitrogen and oxygen atoms in total. The lowest BCUT2D eigenvalue weighted by Crippen LogP contribution is -2.38. The Bertz CT molecular complexity index is 945. The maximum Gasteiger partial charge on any atom is 0.279 e. The minimum atomic E-state index is -0.568. The van der Waals surface area contributed by atoms with Crippen LogP contribution in [0.25, 0.3) is 0 Å². The molecule has 1 aromatic carbocycles. The Morgan fingerprint density at radius 1 is 1.31 bits per heavy atom. The zero-order valence-electron chi connectivity index (χ0n) is 14.5. The van der Waals surface area contributed by atoms with Crippen LogP contribution in [0, 0.1) is 12.7 Å². The molecule has 0 N–H and O–H groups in total. The summed E-state index contributed by atoms with van der Waals surface area (Å²) in [4.78, 5) is 14.4. The summed E-state index contributed by atoms with van der Waals surface area (Å²) >= 11 is 5.87. The van der Waals surface area contributed by atoms with E-state index in [1.54, 1.807) is 12.1 Å². The first-order valence-corrected chi connectivity index (χ1v) is 9.11. The Balaban J connectivity index is 1.66. The molecule has 0 spiro atoms. The monoisotopic (exact) mass is 371 g/mol. The smallest absolute Gasteiger partial charge is 0.279 e. The van der Waals surface area contributed by atoms with E-state index in [4.69, 9.17) is 11.6 Å². The van der Waals surface area contributed by atoms with Crippen molar-refractivity contribution in [2.24, 2.45) is 0 Å². The summed E-state index contributed by atoms with van der Waals surface area (Å²) in [6.45, 7) is 3.09. The van der Waals surface area contributed by atoms with Crippen molar-refractivity contribution in [3.8, 4) is 0 Å². The number of anilines is 1. The van der Waals surface area contributed by atoms with Crippen LogP contribution in [0.3, 0.4) is 0 Å².